The molecule has 10 heteroatoms. The predicted octanol–water partition coefficient (Wildman–Crippen LogP) is 2.80. The molecule has 29 heavy (non-hydrogen) atoms. The van der Waals surface area contributed by atoms with Crippen molar-refractivity contribution < 1.29 is 8.42 Å². The van der Waals surface area contributed by atoms with Crippen molar-refractivity contribution in [3.8, 4) is 0 Å². The van der Waals surface area contributed by atoms with Crippen LogP contribution in [0.15, 0.2) is 47.1 Å². The monoisotopic (exact) mass is 430 g/mol. The first-order chi connectivity index (χ1) is 13.9. The minimum absolute atomic E-state index is 0.405. The summed E-state index contributed by atoms with van der Waals surface area (Å²) in [7, 11) is -3.43. The first kappa shape index (κ1) is 19.7. The molecule has 0 aliphatic carbocycles. The van der Waals surface area contributed by atoms with Crippen LogP contribution in [0, 0.1) is 13.8 Å². The Morgan fingerprint density at radius 3 is 2.41 bits per heavy atom. The van der Waals surface area contributed by atoms with Gasteiger partial charge in [-0.3, -0.25) is 0 Å². The van der Waals surface area contributed by atoms with Gasteiger partial charge in [-0.05, 0) is 43.7 Å². The van der Waals surface area contributed by atoms with Gasteiger partial charge in [0.2, 0.25) is 0 Å². The summed E-state index contributed by atoms with van der Waals surface area (Å²) in [6, 6.07) is 9.26. The normalized spacial score (nSPS) is 15.4. The Bertz CT molecular complexity index is 1110. The molecule has 0 aromatic carbocycles. The number of nitrogens with zero attached hydrogens (tertiary/aromatic N) is 5. The van der Waals surface area contributed by atoms with E-state index in [0.29, 0.717) is 36.2 Å². The van der Waals surface area contributed by atoms with E-state index < -0.39 is 10.0 Å². The highest BCUT2D eigenvalue weighted by Gasteiger charge is 2.30. The number of aromatic nitrogens is 3. The van der Waals surface area contributed by atoms with E-state index in [4.69, 9.17) is 0 Å². The van der Waals surface area contributed by atoms with Gasteiger partial charge in [-0.2, -0.15) is 4.31 Å². The number of nitrogens with one attached hydrogen (secondary N) is 1. The van der Waals surface area contributed by atoms with E-state index in [1.54, 1.807) is 16.6 Å². The van der Waals surface area contributed by atoms with Crippen LogP contribution in [0.3, 0.4) is 0 Å². The van der Waals surface area contributed by atoms with Gasteiger partial charge in [-0.25, -0.2) is 23.4 Å². The molecule has 0 atom stereocenters. The molecule has 152 valence electrons. The first-order valence-electron chi connectivity index (χ1n) is 9.25. The highest BCUT2D eigenvalue weighted by Crippen LogP contribution is 2.26. The molecule has 1 saturated heterocycles. The Kier molecular flexibility index (Phi) is 5.48. The zero-order valence-corrected chi connectivity index (χ0v) is 17.9. The van der Waals surface area contributed by atoms with Gasteiger partial charge in [0.25, 0.3) is 10.0 Å². The summed E-state index contributed by atoms with van der Waals surface area (Å²) in [5.41, 5.74) is 1.11. The number of piperazine rings is 1. The van der Waals surface area contributed by atoms with Crippen LogP contribution in [-0.4, -0.2) is 53.9 Å². The van der Waals surface area contributed by atoms with Gasteiger partial charge in [-0.15, -0.1) is 11.3 Å². The van der Waals surface area contributed by atoms with Crippen LogP contribution in [0.2, 0.25) is 0 Å². The molecule has 1 aliphatic rings. The zero-order chi connectivity index (χ0) is 20.4. The maximum absolute atomic E-state index is 12.8. The van der Waals surface area contributed by atoms with Crippen molar-refractivity contribution in [1.82, 2.24) is 19.3 Å². The van der Waals surface area contributed by atoms with Crippen molar-refractivity contribution in [2.45, 2.75) is 18.1 Å². The van der Waals surface area contributed by atoms with Crippen LogP contribution in [0.5, 0.6) is 0 Å². The van der Waals surface area contributed by atoms with Crippen molar-refractivity contribution in [2.75, 3.05) is 36.4 Å². The molecular weight excluding hydrogens is 408 g/mol. The fourth-order valence-electron chi connectivity index (χ4n) is 3.16. The van der Waals surface area contributed by atoms with Gasteiger partial charge in [0.1, 0.15) is 28.0 Å². The predicted molar refractivity (Wildman–Crippen MR) is 114 cm³/mol. The van der Waals surface area contributed by atoms with E-state index in [0.717, 1.165) is 22.1 Å². The summed E-state index contributed by atoms with van der Waals surface area (Å²) in [6.45, 7) is 5.90. The SMILES string of the molecule is Cc1ccnc(Nc2cc(N3CCN(S(=O)(=O)c4ccc(C)s4)CC3)ncn2)c1. The van der Waals surface area contributed by atoms with E-state index in [1.807, 2.05) is 38.1 Å². The van der Waals surface area contributed by atoms with Crippen LogP contribution < -0.4 is 10.2 Å². The highest BCUT2D eigenvalue weighted by atomic mass is 32.2. The topological polar surface area (TPSA) is 91.3 Å². The van der Waals surface area contributed by atoms with E-state index in [1.165, 1.54) is 17.7 Å². The summed E-state index contributed by atoms with van der Waals surface area (Å²) in [5, 5.41) is 3.19. The van der Waals surface area contributed by atoms with Crippen molar-refractivity contribution >= 4 is 38.8 Å². The largest absolute Gasteiger partial charge is 0.354 e. The molecule has 0 radical (unpaired) electrons. The third-order valence-corrected chi connectivity index (χ3v) is 8.06. The van der Waals surface area contributed by atoms with Gasteiger partial charge in [0.05, 0.1) is 0 Å². The maximum Gasteiger partial charge on any atom is 0.252 e. The first-order valence-corrected chi connectivity index (χ1v) is 11.5. The number of rotatable bonds is 5. The molecule has 3 aromatic heterocycles. The molecule has 0 amide bonds. The Balaban J connectivity index is 1.43. The zero-order valence-electron chi connectivity index (χ0n) is 16.2. The van der Waals surface area contributed by atoms with Crippen LogP contribution in [0.1, 0.15) is 10.4 Å². The lowest BCUT2D eigenvalue weighted by Gasteiger charge is -2.34. The molecule has 0 bridgehead atoms. The van der Waals surface area contributed by atoms with Crippen LogP contribution >= 0.6 is 11.3 Å². The lowest BCUT2D eigenvalue weighted by atomic mass is 10.3. The number of thiophene rings is 1. The second-order valence-electron chi connectivity index (χ2n) is 6.86. The quantitative estimate of drug-likeness (QED) is 0.665. The number of hydrogen-bond acceptors (Lipinski definition) is 8. The number of aryl methyl sites for hydroxylation is 2. The van der Waals surface area contributed by atoms with Gasteiger partial charge in [-0.1, -0.05) is 0 Å². The van der Waals surface area contributed by atoms with Crippen molar-refractivity contribution in [3.05, 3.63) is 53.3 Å². The Labute approximate surface area is 174 Å². The van der Waals surface area contributed by atoms with E-state index in [9.17, 15) is 8.42 Å². The average molecular weight is 431 g/mol. The molecule has 0 saturated carbocycles. The average Bonchev–Trinajstić information content (AvgIpc) is 3.16. The summed E-state index contributed by atoms with van der Waals surface area (Å²) >= 11 is 1.31. The molecule has 1 aliphatic heterocycles. The molecular formula is C19H22N6O2S2. The molecule has 0 unspecified atom stereocenters. The number of anilines is 3. The van der Waals surface area contributed by atoms with E-state index >= 15 is 0 Å². The smallest absolute Gasteiger partial charge is 0.252 e. The Morgan fingerprint density at radius 1 is 0.966 bits per heavy atom. The van der Waals surface area contributed by atoms with Crippen molar-refractivity contribution in [3.63, 3.8) is 0 Å². The third kappa shape index (κ3) is 4.39. The maximum atomic E-state index is 12.8. The Morgan fingerprint density at radius 2 is 1.72 bits per heavy atom. The van der Waals surface area contributed by atoms with E-state index in [-0.39, 0.29) is 0 Å². The Hall–Kier alpha value is -2.56. The third-order valence-electron chi connectivity index (χ3n) is 4.70. The minimum atomic E-state index is -3.43. The van der Waals surface area contributed by atoms with Crippen molar-refractivity contribution in [1.29, 1.82) is 0 Å². The number of pyridine rings is 1. The number of hydrogen-bond donors (Lipinski definition) is 1. The minimum Gasteiger partial charge on any atom is -0.354 e. The molecule has 1 N–H and O–H groups in total. The molecule has 8 nitrogen and oxygen atoms in total. The summed E-state index contributed by atoms with van der Waals surface area (Å²) in [5.74, 6) is 2.13. The molecule has 1 fully saturated rings. The summed E-state index contributed by atoms with van der Waals surface area (Å²) in [4.78, 5) is 16.0. The summed E-state index contributed by atoms with van der Waals surface area (Å²) < 4.78 is 27.6. The van der Waals surface area contributed by atoms with Gasteiger partial charge in [0, 0.05) is 43.3 Å². The number of sulfonamides is 1. The lowest BCUT2D eigenvalue weighted by molar-refractivity contribution is 0.385. The molecule has 4 rings (SSSR count). The van der Waals surface area contributed by atoms with Crippen LogP contribution in [0.25, 0.3) is 0 Å². The van der Waals surface area contributed by atoms with Gasteiger partial charge in [0.15, 0.2) is 0 Å². The standard InChI is InChI=1S/C19H22N6O2S2/c1-14-5-6-20-16(11-14)23-17-12-18(22-13-21-17)24-7-9-25(10-8-24)29(26,27)19-4-3-15(2)28-19/h3-6,11-13H,7-10H2,1-2H3,(H,20,21,22,23). The molecule has 3 aromatic rings. The second kappa shape index (κ2) is 8.05. The summed E-state index contributed by atoms with van der Waals surface area (Å²) in [6.07, 6.45) is 3.25. The van der Waals surface area contributed by atoms with Gasteiger partial charge < -0.3 is 10.2 Å². The van der Waals surface area contributed by atoms with Crippen molar-refractivity contribution in [2.24, 2.45) is 0 Å². The van der Waals surface area contributed by atoms with Gasteiger partial charge >= 0.3 is 0 Å². The van der Waals surface area contributed by atoms with Crippen LogP contribution in [-0.2, 0) is 10.0 Å². The fourth-order valence-corrected chi connectivity index (χ4v) is 6.02. The highest BCUT2D eigenvalue weighted by molar-refractivity contribution is 7.91. The molecule has 0 spiro atoms. The van der Waals surface area contributed by atoms with Crippen LogP contribution in [0.4, 0.5) is 17.5 Å². The molecule has 4 heterocycles. The lowest BCUT2D eigenvalue weighted by Crippen LogP contribution is -2.48. The second-order valence-corrected chi connectivity index (χ2v) is 10.3. The van der Waals surface area contributed by atoms with E-state index in [2.05, 4.69) is 25.2 Å². The fraction of sp³-hybridized carbons (Fsp3) is 0.316.